The van der Waals surface area contributed by atoms with E-state index in [1.54, 1.807) is 0 Å². The van der Waals surface area contributed by atoms with Gasteiger partial charge in [0.15, 0.2) is 0 Å². The van der Waals surface area contributed by atoms with Crippen molar-refractivity contribution in [1.29, 1.82) is 0 Å². The van der Waals surface area contributed by atoms with Crippen molar-refractivity contribution < 1.29 is 9.05 Å². The van der Waals surface area contributed by atoms with E-state index >= 15 is 0 Å². The van der Waals surface area contributed by atoms with Gasteiger partial charge in [-0.25, -0.2) is 0 Å². The van der Waals surface area contributed by atoms with E-state index in [9.17, 15) is 0 Å². The lowest BCUT2D eigenvalue weighted by Crippen LogP contribution is -1.70. The molecule has 0 aromatic rings. The Morgan fingerprint density at radius 1 is 1.09 bits per heavy atom. The minimum Gasteiger partial charge on any atom is -0.335 e. The maximum atomic E-state index is 5.19. The maximum absolute atomic E-state index is 5.19. The van der Waals surface area contributed by atoms with Gasteiger partial charge in [-0.3, -0.25) is 0 Å². The fraction of sp³-hybridized carbons (Fsp3) is 1.00. The van der Waals surface area contributed by atoms with Crippen molar-refractivity contribution in [2.75, 3.05) is 13.7 Å². The van der Waals surface area contributed by atoms with Crippen LogP contribution in [0.5, 0.6) is 0 Å². The molecule has 0 spiro atoms. The molecule has 8 heteroatoms. The largest absolute Gasteiger partial charge is 0.335 e. The van der Waals surface area contributed by atoms with E-state index in [0.717, 1.165) is 0 Å². The highest BCUT2D eigenvalue weighted by atomic mass is 35.9. The molecule has 0 aliphatic rings. The summed E-state index contributed by atoms with van der Waals surface area (Å²) in [5.41, 5.74) is 0. The van der Waals surface area contributed by atoms with Crippen LogP contribution in [0.3, 0.4) is 0 Å². The zero-order valence-electron chi connectivity index (χ0n) is 5.93. The van der Waals surface area contributed by atoms with Crippen LogP contribution in [0.1, 0.15) is 6.92 Å². The zero-order chi connectivity index (χ0) is 9.28. The molecule has 11 heavy (non-hydrogen) atoms. The smallest absolute Gasteiger partial charge is 0.225 e. The Morgan fingerprint density at radius 3 is 1.45 bits per heavy atom. The van der Waals surface area contributed by atoms with Crippen molar-refractivity contribution in [3.05, 3.63) is 0 Å². The van der Waals surface area contributed by atoms with Crippen LogP contribution in [-0.2, 0) is 9.05 Å². The van der Waals surface area contributed by atoms with E-state index in [1.165, 1.54) is 7.11 Å². The molecule has 0 atom stereocenters. The van der Waals surface area contributed by atoms with Crippen LogP contribution >= 0.6 is 58.7 Å². The third-order valence-corrected chi connectivity index (χ3v) is 2.51. The van der Waals surface area contributed by atoms with Crippen LogP contribution in [0.25, 0.3) is 0 Å². The van der Waals surface area contributed by atoms with Crippen LogP contribution in [0.15, 0.2) is 0 Å². The lowest BCUT2D eigenvalue weighted by molar-refractivity contribution is 0.393. The van der Waals surface area contributed by atoms with E-state index in [1.807, 2.05) is 6.92 Å². The van der Waals surface area contributed by atoms with Gasteiger partial charge in [-0.15, -0.1) is 0 Å². The predicted molar refractivity (Wildman–Crippen MR) is 55.9 cm³/mol. The van der Waals surface area contributed by atoms with Gasteiger partial charge in [0.1, 0.15) is 0 Å². The van der Waals surface area contributed by atoms with Crippen LogP contribution < -0.4 is 0 Å². The molecule has 0 aliphatic heterocycles. The highest BCUT2D eigenvalue weighted by molar-refractivity contribution is 8.00. The number of rotatable bonds is 3. The van der Waals surface area contributed by atoms with Gasteiger partial charge in [0.05, 0.1) is 6.61 Å². The molecule has 0 saturated carbocycles. The molecule has 0 heterocycles. The van der Waals surface area contributed by atoms with Gasteiger partial charge < -0.3 is 9.05 Å². The molecule has 0 N–H and O–H groups in total. The molecular weight excluding hydrogens is 272 g/mol. The minimum atomic E-state index is -1.16. The molecule has 0 amide bonds. The fourth-order valence-corrected chi connectivity index (χ4v) is 0.878. The summed E-state index contributed by atoms with van der Waals surface area (Å²) in [5, 5.41) is 0. The molecule has 70 valence electrons. The zero-order valence-corrected chi connectivity index (χ0v) is 10.7. The van der Waals surface area contributed by atoms with E-state index in [2.05, 4.69) is 9.05 Å². The lowest BCUT2D eigenvalue weighted by atomic mass is 10.9. The van der Waals surface area contributed by atoms with Crippen LogP contribution in [-0.4, -0.2) is 13.7 Å². The van der Waals surface area contributed by atoms with E-state index in [0.29, 0.717) is 6.61 Å². The predicted octanol–water partition coefficient (Wildman–Crippen LogP) is 5.06. The van der Waals surface area contributed by atoms with Crippen molar-refractivity contribution in [3.8, 4) is 0 Å². The third-order valence-electron chi connectivity index (χ3n) is 0.365. The second-order valence-corrected chi connectivity index (χ2v) is 7.16. The summed E-state index contributed by atoms with van der Waals surface area (Å²) in [7, 11) is 1.46. The fourth-order valence-electron chi connectivity index (χ4n) is 0.0976. The summed E-state index contributed by atoms with van der Waals surface area (Å²) in [6, 6.07) is 0. The van der Waals surface area contributed by atoms with Gasteiger partial charge in [0, 0.05) is 7.11 Å². The SMILES string of the molecule is CCOP(Cl)Cl.COP(Cl)Cl. The Labute approximate surface area is 88.3 Å². The molecule has 0 saturated heterocycles. The minimum absolute atomic E-state index is 0.596. The quantitative estimate of drug-likeness (QED) is 0.672. The molecular formula is C3H8Cl4O2P2. The van der Waals surface area contributed by atoms with Gasteiger partial charge in [-0.1, -0.05) is 0 Å². The molecule has 0 radical (unpaired) electrons. The van der Waals surface area contributed by atoms with Crippen LogP contribution in [0.4, 0.5) is 0 Å². The molecule has 0 aromatic heterocycles. The first-order valence-electron chi connectivity index (χ1n) is 2.45. The highest BCUT2D eigenvalue weighted by Crippen LogP contribution is 2.47. The van der Waals surface area contributed by atoms with Crippen molar-refractivity contribution >= 4 is 58.7 Å². The van der Waals surface area contributed by atoms with Gasteiger partial charge in [0.25, 0.3) is 0 Å². The van der Waals surface area contributed by atoms with Crippen molar-refractivity contribution in [2.24, 2.45) is 0 Å². The van der Waals surface area contributed by atoms with Gasteiger partial charge in [-0.2, -0.15) is 0 Å². The summed E-state index contributed by atoms with van der Waals surface area (Å²) in [6.07, 6.45) is 0. The molecule has 0 unspecified atom stereocenters. The normalized spacial score (nSPS) is 9.82. The summed E-state index contributed by atoms with van der Waals surface area (Å²) in [4.78, 5) is 0. The Morgan fingerprint density at radius 2 is 1.45 bits per heavy atom. The Balaban J connectivity index is 0. The lowest BCUT2D eigenvalue weighted by Gasteiger charge is -1.93. The summed E-state index contributed by atoms with van der Waals surface area (Å²) in [5.74, 6) is 0. The Bertz CT molecular complexity index is 74.4. The monoisotopic (exact) mass is 278 g/mol. The van der Waals surface area contributed by atoms with E-state index in [4.69, 9.17) is 45.0 Å². The van der Waals surface area contributed by atoms with E-state index in [-0.39, 0.29) is 0 Å². The first-order valence-corrected chi connectivity index (χ1v) is 8.58. The van der Waals surface area contributed by atoms with Gasteiger partial charge in [0.2, 0.25) is 13.7 Å². The topological polar surface area (TPSA) is 18.5 Å². The van der Waals surface area contributed by atoms with Crippen molar-refractivity contribution in [3.63, 3.8) is 0 Å². The molecule has 0 aliphatic carbocycles. The Kier molecular flexibility index (Phi) is 16.7. The molecule has 2 nitrogen and oxygen atoms in total. The third kappa shape index (κ3) is 24.5. The van der Waals surface area contributed by atoms with Crippen LogP contribution in [0.2, 0.25) is 0 Å². The van der Waals surface area contributed by atoms with Crippen LogP contribution in [0, 0.1) is 0 Å². The molecule has 0 bridgehead atoms. The average Bonchev–Trinajstić information content (AvgIpc) is 1.89. The van der Waals surface area contributed by atoms with Crippen molar-refractivity contribution in [2.45, 2.75) is 6.92 Å². The van der Waals surface area contributed by atoms with Crippen molar-refractivity contribution in [1.82, 2.24) is 0 Å². The van der Waals surface area contributed by atoms with Gasteiger partial charge in [-0.05, 0) is 51.9 Å². The Hall–Kier alpha value is 1.94. The number of hydrogen-bond acceptors (Lipinski definition) is 2. The second-order valence-electron chi connectivity index (χ2n) is 1.00. The van der Waals surface area contributed by atoms with Gasteiger partial charge >= 0.3 is 0 Å². The first-order chi connectivity index (χ1) is 5.04. The van der Waals surface area contributed by atoms with E-state index < -0.39 is 13.7 Å². The molecule has 0 fully saturated rings. The highest BCUT2D eigenvalue weighted by Gasteiger charge is 1.91. The number of hydrogen-bond donors (Lipinski definition) is 0. The average molecular weight is 280 g/mol. The summed E-state index contributed by atoms with van der Waals surface area (Å²) < 4.78 is 8.98. The summed E-state index contributed by atoms with van der Waals surface area (Å²) in [6.45, 7) is 0.133. The first kappa shape index (κ1) is 15.4. The second kappa shape index (κ2) is 11.9. The standard InChI is InChI=1S/C2H5Cl2OP.CH3Cl2OP/c1-2-5-6(3)4;1-4-5(2)3/h2H2,1H3;1H3. The number of halogens is 4. The summed E-state index contributed by atoms with van der Waals surface area (Å²) >= 11 is 20.5. The molecule has 0 rings (SSSR count). The molecule has 0 aromatic carbocycles. The maximum Gasteiger partial charge on any atom is 0.225 e.